The molecule has 4 rings (SSSR count). The van der Waals surface area contributed by atoms with Gasteiger partial charge in [0.15, 0.2) is 0 Å². The SMILES string of the molecule is CCCc1cc(N2CCN(C(=O)c3ccncc3)CC2)nc2nnc(CC)n12. The van der Waals surface area contributed by atoms with Crippen molar-refractivity contribution in [3.63, 3.8) is 0 Å². The highest BCUT2D eigenvalue weighted by Crippen LogP contribution is 2.20. The number of hydrogen-bond donors (Lipinski definition) is 0. The highest BCUT2D eigenvalue weighted by molar-refractivity contribution is 5.94. The average Bonchev–Trinajstić information content (AvgIpc) is 3.17. The first-order valence-corrected chi connectivity index (χ1v) is 9.89. The van der Waals surface area contributed by atoms with Crippen molar-refractivity contribution in [1.82, 2.24) is 29.5 Å². The maximum atomic E-state index is 12.6. The van der Waals surface area contributed by atoms with Crippen molar-refractivity contribution < 1.29 is 4.79 Å². The van der Waals surface area contributed by atoms with E-state index in [1.165, 1.54) is 5.69 Å². The van der Waals surface area contributed by atoms with Crippen molar-refractivity contribution in [3.05, 3.63) is 47.7 Å². The second kappa shape index (κ2) is 7.92. The third kappa shape index (κ3) is 3.42. The average molecular weight is 379 g/mol. The van der Waals surface area contributed by atoms with Crippen molar-refractivity contribution >= 4 is 17.5 Å². The summed E-state index contributed by atoms with van der Waals surface area (Å²) in [6.07, 6.45) is 6.14. The van der Waals surface area contributed by atoms with Gasteiger partial charge in [-0.2, -0.15) is 4.98 Å². The molecule has 1 amide bonds. The molecular weight excluding hydrogens is 354 g/mol. The van der Waals surface area contributed by atoms with E-state index < -0.39 is 0 Å². The number of piperazine rings is 1. The van der Waals surface area contributed by atoms with Crippen molar-refractivity contribution in [2.45, 2.75) is 33.1 Å². The lowest BCUT2D eigenvalue weighted by molar-refractivity contribution is 0.0746. The molecule has 1 saturated heterocycles. The maximum Gasteiger partial charge on any atom is 0.257 e. The summed E-state index contributed by atoms with van der Waals surface area (Å²) in [6, 6.07) is 5.68. The van der Waals surface area contributed by atoms with Gasteiger partial charge < -0.3 is 9.80 Å². The van der Waals surface area contributed by atoms with Gasteiger partial charge in [0.05, 0.1) is 0 Å². The van der Waals surface area contributed by atoms with Crippen molar-refractivity contribution in [2.75, 3.05) is 31.1 Å². The number of rotatable bonds is 5. The zero-order valence-corrected chi connectivity index (χ0v) is 16.4. The fourth-order valence-corrected chi connectivity index (χ4v) is 3.67. The van der Waals surface area contributed by atoms with Crippen LogP contribution >= 0.6 is 0 Å². The molecule has 0 saturated carbocycles. The van der Waals surface area contributed by atoms with Crippen LogP contribution in [-0.4, -0.2) is 61.6 Å². The fraction of sp³-hybridized carbons (Fsp3) is 0.450. The van der Waals surface area contributed by atoms with Crippen LogP contribution in [0.3, 0.4) is 0 Å². The van der Waals surface area contributed by atoms with Gasteiger partial charge in [0.1, 0.15) is 11.6 Å². The van der Waals surface area contributed by atoms with Crippen LogP contribution in [-0.2, 0) is 12.8 Å². The molecule has 0 atom stereocenters. The summed E-state index contributed by atoms with van der Waals surface area (Å²) in [5, 5.41) is 8.56. The van der Waals surface area contributed by atoms with E-state index in [-0.39, 0.29) is 5.91 Å². The van der Waals surface area contributed by atoms with Gasteiger partial charge in [-0.15, -0.1) is 10.2 Å². The Bertz CT molecular complexity index is 961. The van der Waals surface area contributed by atoms with E-state index in [2.05, 4.69) is 44.4 Å². The second-order valence-corrected chi connectivity index (χ2v) is 6.98. The smallest absolute Gasteiger partial charge is 0.257 e. The minimum Gasteiger partial charge on any atom is -0.353 e. The quantitative estimate of drug-likeness (QED) is 0.675. The van der Waals surface area contributed by atoms with Gasteiger partial charge in [0.2, 0.25) is 0 Å². The molecule has 0 unspecified atom stereocenters. The number of hydrogen-bond acceptors (Lipinski definition) is 6. The Morgan fingerprint density at radius 1 is 1.07 bits per heavy atom. The lowest BCUT2D eigenvalue weighted by Gasteiger charge is -2.35. The molecule has 8 nitrogen and oxygen atoms in total. The summed E-state index contributed by atoms with van der Waals surface area (Å²) in [5.74, 6) is 2.59. The Balaban J connectivity index is 1.53. The summed E-state index contributed by atoms with van der Waals surface area (Å²) in [5.41, 5.74) is 1.88. The largest absolute Gasteiger partial charge is 0.353 e. The number of amides is 1. The van der Waals surface area contributed by atoms with Gasteiger partial charge in [-0.1, -0.05) is 20.3 Å². The number of pyridine rings is 1. The van der Waals surface area contributed by atoms with Gasteiger partial charge in [0.25, 0.3) is 11.7 Å². The molecule has 0 spiro atoms. The molecule has 0 bridgehead atoms. The predicted molar refractivity (Wildman–Crippen MR) is 107 cm³/mol. The van der Waals surface area contributed by atoms with E-state index in [1.54, 1.807) is 24.5 Å². The van der Waals surface area contributed by atoms with Crippen molar-refractivity contribution in [2.24, 2.45) is 0 Å². The number of aryl methyl sites for hydroxylation is 2. The van der Waals surface area contributed by atoms with Crippen LogP contribution in [0.2, 0.25) is 0 Å². The number of aromatic nitrogens is 5. The van der Waals surface area contributed by atoms with Crippen LogP contribution in [0, 0.1) is 0 Å². The predicted octanol–water partition coefficient (Wildman–Crippen LogP) is 2.00. The van der Waals surface area contributed by atoms with Crippen molar-refractivity contribution in [1.29, 1.82) is 0 Å². The first kappa shape index (κ1) is 18.3. The van der Waals surface area contributed by atoms with E-state index in [9.17, 15) is 4.79 Å². The fourth-order valence-electron chi connectivity index (χ4n) is 3.67. The Kier molecular flexibility index (Phi) is 5.18. The standard InChI is InChI=1S/C20H25N7O/c1-3-5-16-14-18(22-20-24-23-17(4-2)27(16)20)25-10-12-26(13-11-25)19(28)15-6-8-21-9-7-15/h6-9,14H,3-5,10-13H2,1-2H3. The third-order valence-corrected chi connectivity index (χ3v) is 5.15. The maximum absolute atomic E-state index is 12.6. The van der Waals surface area contributed by atoms with E-state index in [0.29, 0.717) is 24.4 Å². The Morgan fingerprint density at radius 3 is 2.50 bits per heavy atom. The molecule has 146 valence electrons. The van der Waals surface area contributed by atoms with E-state index in [4.69, 9.17) is 4.98 Å². The molecule has 3 aromatic heterocycles. The molecule has 1 aliphatic rings. The normalized spacial score (nSPS) is 14.6. The summed E-state index contributed by atoms with van der Waals surface area (Å²) >= 11 is 0. The molecule has 1 fully saturated rings. The summed E-state index contributed by atoms with van der Waals surface area (Å²) in [6.45, 7) is 7.10. The molecule has 28 heavy (non-hydrogen) atoms. The molecular formula is C20H25N7O. The molecule has 0 aliphatic carbocycles. The highest BCUT2D eigenvalue weighted by atomic mass is 16.2. The van der Waals surface area contributed by atoms with Crippen LogP contribution in [0.25, 0.3) is 5.78 Å². The van der Waals surface area contributed by atoms with Crippen LogP contribution in [0.5, 0.6) is 0 Å². The van der Waals surface area contributed by atoms with E-state index in [0.717, 1.165) is 44.0 Å². The van der Waals surface area contributed by atoms with Crippen LogP contribution < -0.4 is 4.90 Å². The van der Waals surface area contributed by atoms with Crippen molar-refractivity contribution in [3.8, 4) is 0 Å². The molecule has 1 aliphatic heterocycles. The zero-order chi connectivity index (χ0) is 19.5. The van der Waals surface area contributed by atoms with Gasteiger partial charge in [-0.05, 0) is 18.6 Å². The minimum absolute atomic E-state index is 0.0576. The van der Waals surface area contributed by atoms with Crippen LogP contribution in [0.1, 0.15) is 42.1 Å². The lowest BCUT2D eigenvalue weighted by atomic mass is 10.2. The van der Waals surface area contributed by atoms with E-state index >= 15 is 0 Å². The number of anilines is 1. The topological polar surface area (TPSA) is 79.5 Å². The Hall–Kier alpha value is -3.03. The third-order valence-electron chi connectivity index (χ3n) is 5.15. The van der Waals surface area contributed by atoms with Crippen LogP contribution in [0.4, 0.5) is 5.82 Å². The summed E-state index contributed by atoms with van der Waals surface area (Å²) in [7, 11) is 0. The molecule has 0 aromatic carbocycles. The molecule has 3 aromatic rings. The number of fused-ring (bicyclic) bond motifs is 1. The van der Waals surface area contributed by atoms with E-state index in [1.807, 2.05) is 4.90 Å². The monoisotopic (exact) mass is 379 g/mol. The number of nitrogens with zero attached hydrogens (tertiary/aromatic N) is 7. The lowest BCUT2D eigenvalue weighted by Crippen LogP contribution is -2.49. The Labute approximate surface area is 164 Å². The molecule has 0 N–H and O–H groups in total. The number of carbonyl (C=O) groups excluding carboxylic acids is 1. The molecule has 8 heteroatoms. The summed E-state index contributed by atoms with van der Waals surface area (Å²) < 4.78 is 2.08. The number of carbonyl (C=O) groups is 1. The highest BCUT2D eigenvalue weighted by Gasteiger charge is 2.24. The second-order valence-electron chi connectivity index (χ2n) is 6.98. The molecule has 0 radical (unpaired) electrons. The van der Waals surface area contributed by atoms with Gasteiger partial charge >= 0.3 is 0 Å². The van der Waals surface area contributed by atoms with Gasteiger partial charge in [-0.25, -0.2) is 0 Å². The Morgan fingerprint density at radius 2 is 1.82 bits per heavy atom. The molecule has 4 heterocycles. The first-order chi connectivity index (χ1) is 13.7. The van der Waals surface area contributed by atoms with Gasteiger partial charge in [-0.3, -0.25) is 14.2 Å². The van der Waals surface area contributed by atoms with Gasteiger partial charge in [0, 0.05) is 62.3 Å². The van der Waals surface area contributed by atoms with Crippen LogP contribution in [0.15, 0.2) is 30.6 Å². The minimum atomic E-state index is 0.0576. The zero-order valence-electron chi connectivity index (χ0n) is 16.4. The summed E-state index contributed by atoms with van der Waals surface area (Å²) in [4.78, 5) is 25.5. The first-order valence-electron chi connectivity index (χ1n) is 9.89.